The Hall–Kier alpha value is -3.35. The van der Waals surface area contributed by atoms with Gasteiger partial charge in [-0.1, -0.05) is 45.4 Å². The fourth-order valence-electron chi connectivity index (χ4n) is 6.40. The number of furan rings is 1. The van der Waals surface area contributed by atoms with Gasteiger partial charge in [0.05, 0.1) is 5.92 Å². The molecule has 2 unspecified atom stereocenters. The molecule has 2 aromatic rings. The minimum absolute atomic E-state index is 0.0873. The summed E-state index contributed by atoms with van der Waals surface area (Å²) in [6.45, 7) is 15.6. The lowest BCUT2D eigenvalue weighted by Crippen LogP contribution is -2.44. The van der Waals surface area contributed by atoms with Gasteiger partial charge < -0.3 is 4.42 Å². The van der Waals surface area contributed by atoms with E-state index in [0.717, 1.165) is 23.5 Å². The molecule has 36 heavy (non-hydrogen) atoms. The van der Waals surface area contributed by atoms with Crippen LogP contribution in [0, 0.1) is 12.8 Å². The van der Waals surface area contributed by atoms with Crippen molar-refractivity contribution in [3.63, 3.8) is 0 Å². The van der Waals surface area contributed by atoms with E-state index in [1.54, 1.807) is 6.07 Å². The summed E-state index contributed by atoms with van der Waals surface area (Å²) >= 11 is 0. The molecule has 3 aliphatic rings. The van der Waals surface area contributed by atoms with Gasteiger partial charge in [0.15, 0.2) is 11.9 Å². The Kier molecular flexibility index (Phi) is 5.65. The number of nitrogens with one attached hydrogen (secondary N) is 2. The number of benzene rings is 1. The minimum atomic E-state index is -0.335. The molecule has 1 amide bonds. The molecule has 2 atom stereocenters. The zero-order chi connectivity index (χ0) is 26.0. The summed E-state index contributed by atoms with van der Waals surface area (Å²) < 4.78 is 5.94. The first-order chi connectivity index (χ1) is 16.9. The lowest BCUT2D eigenvalue weighted by molar-refractivity contribution is 0.0914. The van der Waals surface area contributed by atoms with Gasteiger partial charge in [-0.25, -0.2) is 4.99 Å². The van der Waals surface area contributed by atoms with Gasteiger partial charge in [0.1, 0.15) is 11.6 Å². The maximum Gasteiger partial charge on any atom is 0.305 e. The molecular formula is C29H37N5O2. The van der Waals surface area contributed by atoms with E-state index in [1.165, 1.54) is 22.3 Å². The van der Waals surface area contributed by atoms with Gasteiger partial charge in [0, 0.05) is 19.2 Å². The Bertz CT molecular complexity index is 1330. The molecule has 0 saturated carbocycles. The molecule has 2 aliphatic heterocycles. The van der Waals surface area contributed by atoms with Crippen molar-refractivity contribution in [3.05, 3.63) is 69.7 Å². The molecule has 0 saturated heterocycles. The molecule has 2 N–H and O–H groups in total. The zero-order valence-electron chi connectivity index (χ0n) is 22.6. The summed E-state index contributed by atoms with van der Waals surface area (Å²) in [7, 11) is 1.92. The molecular weight excluding hydrogens is 450 g/mol. The van der Waals surface area contributed by atoms with Crippen LogP contribution in [0.3, 0.4) is 0 Å². The maximum atomic E-state index is 12.8. The largest absolute Gasteiger partial charge is 0.456 e. The monoisotopic (exact) mass is 487 g/mol. The Morgan fingerprint density at radius 1 is 1.11 bits per heavy atom. The van der Waals surface area contributed by atoms with Crippen molar-refractivity contribution < 1.29 is 9.21 Å². The van der Waals surface area contributed by atoms with Crippen LogP contribution >= 0.6 is 0 Å². The molecule has 1 aromatic carbocycles. The van der Waals surface area contributed by atoms with Gasteiger partial charge in [-0.05, 0) is 78.5 Å². The van der Waals surface area contributed by atoms with Crippen molar-refractivity contribution in [2.24, 2.45) is 16.0 Å². The van der Waals surface area contributed by atoms with E-state index in [4.69, 9.17) is 9.41 Å². The van der Waals surface area contributed by atoms with Crippen LogP contribution < -0.4 is 10.9 Å². The smallest absolute Gasteiger partial charge is 0.305 e. The van der Waals surface area contributed by atoms with Crippen LogP contribution in [0.1, 0.15) is 86.5 Å². The molecule has 7 heteroatoms. The first-order valence-corrected chi connectivity index (χ1v) is 12.7. The number of amides is 1. The SMILES string of the molecule is CC1=CC(NNC(=O)c2ccc(Cc3cc4c(cc3C)C(C)(C)CC4(C)C)o2)=NC2C1C(C)=NN2C. The van der Waals surface area contributed by atoms with Gasteiger partial charge in [0.25, 0.3) is 0 Å². The van der Waals surface area contributed by atoms with Crippen LogP contribution in [0.2, 0.25) is 0 Å². The van der Waals surface area contributed by atoms with E-state index in [0.29, 0.717) is 12.3 Å². The molecule has 1 aliphatic carbocycles. The number of dihydropyridines is 1. The highest BCUT2D eigenvalue weighted by molar-refractivity contribution is 6.00. The van der Waals surface area contributed by atoms with Crippen molar-refractivity contribution in [3.8, 4) is 0 Å². The second-order valence-corrected chi connectivity index (χ2v) is 11.9. The van der Waals surface area contributed by atoms with Crippen LogP contribution in [0.4, 0.5) is 0 Å². The zero-order valence-corrected chi connectivity index (χ0v) is 22.6. The van der Waals surface area contributed by atoms with Crippen molar-refractivity contribution in [2.45, 2.75) is 78.3 Å². The first-order valence-electron chi connectivity index (χ1n) is 12.7. The Labute approximate surface area is 213 Å². The number of aryl methyl sites for hydroxylation is 1. The first kappa shape index (κ1) is 24.3. The van der Waals surface area contributed by atoms with E-state index in [1.807, 2.05) is 31.1 Å². The van der Waals surface area contributed by atoms with Gasteiger partial charge in [-0.15, -0.1) is 0 Å². The fourth-order valence-corrected chi connectivity index (χ4v) is 6.40. The van der Waals surface area contributed by atoms with E-state index >= 15 is 0 Å². The second-order valence-electron chi connectivity index (χ2n) is 11.9. The van der Waals surface area contributed by atoms with Crippen molar-refractivity contribution >= 4 is 17.5 Å². The maximum absolute atomic E-state index is 12.8. The Morgan fingerprint density at radius 3 is 2.53 bits per heavy atom. The second kappa shape index (κ2) is 8.36. The number of carbonyl (C=O) groups is 1. The predicted octanol–water partition coefficient (Wildman–Crippen LogP) is 4.99. The third-order valence-electron chi connectivity index (χ3n) is 7.95. The molecule has 1 aromatic heterocycles. The minimum Gasteiger partial charge on any atom is -0.456 e. The quantitative estimate of drug-likeness (QED) is 0.598. The third kappa shape index (κ3) is 4.14. The number of aliphatic imine (C=N–C) groups is 1. The predicted molar refractivity (Wildman–Crippen MR) is 143 cm³/mol. The number of hydrazine groups is 1. The number of hydrogen-bond acceptors (Lipinski definition) is 6. The molecule has 5 rings (SSSR count). The molecule has 0 radical (unpaired) electrons. The Morgan fingerprint density at radius 2 is 1.81 bits per heavy atom. The van der Waals surface area contributed by atoms with Gasteiger partial charge in [-0.3, -0.25) is 20.7 Å². The molecule has 7 nitrogen and oxygen atoms in total. The summed E-state index contributed by atoms with van der Waals surface area (Å²) in [5.74, 6) is 1.49. The van der Waals surface area contributed by atoms with Crippen LogP contribution in [0.5, 0.6) is 0 Å². The number of hydrogen-bond donors (Lipinski definition) is 2. The molecule has 190 valence electrons. The van der Waals surface area contributed by atoms with Crippen LogP contribution in [-0.2, 0) is 17.3 Å². The standard InChI is InChI=1S/C29H37N5O2/c1-16-11-21-22(29(6,7)15-28(21,4)5)14-19(16)13-20-9-10-23(36-20)27(35)32-31-24-12-17(2)25-18(3)33-34(8)26(25)30-24/h9-12,14,25-26H,13,15H2,1-8H3,(H,30,31)(H,32,35). The number of fused-ring (bicyclic) bond motifs is 2. The van der Waals surface area contributed by atoms with E-state index in [2.05, 4.69) is 69.6 Å². The lowest BCUT2D eigenvalue weighted by atomic mass is 9.82. The van der Waals surface area contributed by atoms with Gasteiger partial charge in [-0.2, -0.15) is 5.10 Å². The summed E-state index contributed by atoms with van der Waals surface area (Å²) in [4.78, 5) is 17.5. The molecule has 0 spiro atoms. The average molecular weight is 488 g/mol. The van der Waals surface area contributed by atoms with E-state index in [-0.39, 0.29) is 34.6 Å². The molecule has 3 heterocycles. The average Bonchev–Trinajstić information content (AvgIpc) is 3.41. The lowest BCUT2D eigenvalue weighted by Gasteiger charge is -2.26. The highest BCUT2D eigenvalue weighted by Gasteiger charge is 2.42. The topological polar surface area (TPSA) is 82.2 Å². The Balaban J connectivity index is 1.26. The summed E-state index contributed by atoms with van der Waals surface area (Å²) in [5, 5.41) is 6.37. The summed E-state index contributed by atoms with van der Waals surface area (Å²) in [5.41, 5.74) is 13.6. The number of nitrogens with zero attached hydrogens (tertiary/aromatic N) is 3. The van der Waals surface area contributed by atoms with Gasteiger partial charge >= 0.3 is 5.91 Å². The van der Waals surface area contributed by atoms with Gasteiger partial charge in [0.2, 0.25) is 0 Å². The summed E-state index contributed by atoms with van der Waals surface area (Å²) in [6, 6.07) is 8.30. The van der Waals surface area contributed by atoms with Crippen LogP contribution in [0.15, 0.2) is 50.4 Å². The fraction of sp³-hybridized carbons (Fsp3) is 0.483. The third-order valence-corrected chi connectivity index (χ3v) is 7.95. The highest BCUT2D eigenvalue weighted by atomic mass is 16.4. The number of carbonyl (C=O) groups excluding carboxylic acids is 1. The van der Waals surface area contributed by atoms with Crippen molar-refractivity contribution in [1.82, 2.24) is 15.9 Å². The summed E-state index contributed by atoms with van der Waals surface area (Å²) in [6.07, 6.45) is 3.66. The van der Waals surface area contributed by atoms with Crippen molar-refractivity contribution in [2.75, 3.05) is 7.05 Å². The number of rotatable bonds is 3. The van der Waals surface area contributed by atoms with Crippen molar-refractivity contribution in [1.29, 1.82) is 0 Å². The van der Waals surface area contributed by atoms with E-state index in [9.17, 15) is 4.79 Å². The highest BCUT2D eigenvalue weighted by Crippen LogP contribution is 2.50. The molecule has 0 fully saturated rings. The number of amidine groups is 1. The van der Waals surface area contributed by atoms with Crippen LogP contribution in [-0.4, -0.2) is 35.7 Å². The van der Waals surface area contributed by atoms with Crippen LogP contribution in [0.25, 0.3) is 0 Å². The molecule has 0 bridgehead atoms. The normalized spacial score (nSPS) is 23.4. The number of hydrazone groups is 1. The van der Waals surface area contributed by atoms with E-state index < -0.39 is 0 Å².